The zero-order valence-electron chi connectivity index (χ0n) is 18.9. The van der Waals surface area contributed by atoms with Crippen molar-refractivity contribution in [2.24, 2.45) is 5.92 Å². The first-order valence-corrected chi connectivity index (χ1v) is 11.4. The molecular weight excluding hydrogens is 412 g/mol. The molecule has 0 radical (unpaired) electrons. The van der Waals surface area contributed by atoms with Gasteiger partial charge < -0.3 is 15.0 Å². The minimum atomic E-state index is -0.248. The normalized spacial score (nSPS) is 17.9. The molecule has 0 aromatic heterocycles. The van der Waals surface area contributed by atoms with E-state index in [2.05, 4.69) is 29.6 Å². The Bertz CT molecular complexity index is 1050. The summed E-state index contributed by atoms with van der Waals surface area (Å²) in [6.45, 7) is 1.61. The van der Waals surface area contributed by atoms with E-state index >= 15 is 0 Å². The molecular formula is C28H30N2O3. The molecule has 3 aromatic carbocycles. The molecule has 1 aliphatic heterocycles. The number of methoxy groups -OCH3 is 1. The van der Waals surface area contributed by atoms with E-state index in [-0.39, 0.29) is 23.7 Å². The fourth-order valence-corrected chi connectivity index (χ4v) is 4.46. The molecule has 0 spiro atoms. The predicted molar refractivity (Wildman–Crippen MR) is 129 cm³/mol. The molecule has 1 saturated heterocycles. The summed E-state index contributed by atoms with van der Waals surface area (Å²) in [7, 11) is 1.60. The van der Waals surface area contributed by atoms with Crippen LogP contribution >= 0.6 is 0 Å². The number of amides is 2. The summed E-state index contributed by atoms with van der Waals surface area (Å²) in [5.41, 5.74) is 2.96. The Hall–Kier alpha value is -3.60. The molecule has 2 atom stereocenters. The third-order valence-electron chi connectivity index (χ3n) is 6.27. The zero-order chi connectivity index (χ0) is 23.0. The Morgan fingerprint density at radius 1 is 0.909 bits per heavy atom. The lowest BCUT2D eigenvalue weighted by atomic mass is 9.83. The first-order valence-electron chi connectivity index (χ1n) is 11.4. The maximum Gasteiger partial charge on any atom is 0.253 e. The summed E-state index contributed by atoms with van der Waals surface area (Å²) >= 11 is 0. The molecule has 170 valence electrons. The van der Waals surface area contributed by atoms with Gasteiger partial charge in [-0.1, -0.05) is 60.7 Å². The number of nitrogens with one attached hydrogen (secondary N) is 1. The molecule has 0 bridgehead atoms. The lowest BCUT2D eigenvalue weighted by Gasteiger charge is -2.37. The highest BCUT2D eigenvalue weighted by Gasteiger charge is 2.34. The SMILES string of the molecule is COc1ccc(C(=O)N2CC(C(=O)NCCc3ccccc3)CC(c3ccccc3)C2)cc1. The standard InChI is InChI=1S/C28H30N2O3/c1-33-26-14-12-23(13-15-26)28(32)30-19-24(22-10-6-3-7-11-22)18-25(20-30)27(31)29-17-16-21-8-4-2-5-9-21/h2-15,24-25H,16-20H2,1H3,(H,29,31). The van der Waals surface area contributed by atoms with E-state index in [0.717, 1.165) is 18.4 Å². The molecule has 5 heteroatoms. The third-order valence-corrected chi connectivity index (χ3v) is 6.27. The van der Waals surface area contributed by atoms with E-state index in [9.17, 15) is 9.59 Å². The summed E-state index contributed by atoms with van der Waals surface area (Å²) < 4.78 is 5.21. The van der Waals surface area contributed by atoms with Crippen LogP contribution in [0.5, 0.6) is 5.75 Å². The monoisotopic (exact) mass is 442 g/mol. The molecule has 33 heavy (non-hydrogen) atoms. The molecule has 1 fully saturated rings. The molecule has 1 aliphatic rings. The van der Waals surface area contributed by atoms with Crippen molar-refractivity contribution >= 4 is 11.8 Å². The van der Waals surface area contributed by atoms with Gasteiger partial charge in [0.2, 0.25) is 5.91 Å². The first-order chi connectivity index (χ1) is 16.1. The number of ether oxygens (including phenoxy) is 1. The van der Waals surface area contributed by atoms with Crippen molar-refractivity contribution < 1.29 is 14.3 Å². The Balaban J connectivity index is 1.47. The summed E-state index contributed by atoms with van der Waals surface area (Å²) in [4.78, 5) is 28.2. The quantitative estimate of drug-likeness (QED) is 0.594. The van der Waals surface area contributed by atoms with Crippen LogP contribution in [0, 0.1) is 5.92 Å². The Kier molecular flexibility index (Phi) is 7.40. The van der Waals surface area contributed by atoms with E-state index < -0.39 is 0 Å². The van der Waals surface area contributed by atoms with Crippen molar-refractivity contribution in [3.63, 3.8) is 0 Å². The van der Waals surface area contributed by atoms with E-state index in [1.807, 2.05) is 41.3 Å². The highest BCUT2D eigenvalue weighted by atomic mass is 16.5. The van der Waals surface area contributed by atoms with Gasteiger partial charge in [-0.15, -0.1) is 0 Å². The molecule has 2 unspecified atom stereocenters. The van der Waals surface area contributed by atoms with Crippen LogP contribution in [0.4, 0.5) is 0 Å². The lowest BCUT2D eigenvalue weighted by Crippen LogP contribution is -2.48. The van der Waals surface area contributed by atoms with Crippen LogP contribution in [0.1, 0.15) is 33.8 Å². The highest BCUT2D eigenvalue weighted by Crippen LogP contribution is 2.31. The van der Waals surface area contributed by atoms with Gasteiger partial charge in [-0.3, -0.25) is 9.59 Å². The number of likely N-dealkylation sites (tertiary alicyclic amines) is 1. The second kappa shape index (κ2) is 10.8. The number of hydrogen-bond acceptors (Lipinski definition) is 3. The smallest absolute Gasteiger partial charge is 0.253 e. The minimum absolute atomic E-state index is 0.0130. The number of piperidine rings is 1. The maximum absolute atomic E-state index is 13.3. The second-order valence-corrected chi connectivity index (χ2v) is 8.51. The minimum Gasteiger partial charge on any atom is -0.497 e. The van der Waals surface area contributed by atoms with Crippen molar-refractivity contribution in [3.8, 4) is 5.75 Å². The van der Waals surface area contributed by atoms with Crippen molar-refractivity contribution in [2.45, 2.75) is 18.8 Å². The van der Waals surface area contributed by atoms with Gasteiger partial charge in [0.05, 0.1) is 13.0 Å². The molecule has 5 nitrogen and oxygen atoms in total. The van der Waals surface area contributed by atoms with Crippen LogP contribution in [-0.4, -0.2) is 43.5 Å². The van der Waals surface area contributed by atoms with Gasteiger partial charge in [0, 0.05) is 31.1 Å². The number of hydrogen-bond donors (Lipinski definition) is 1. The fourth-order valence-electron chi connectivity index (χ4n) is 4.46. The van der Waals surface area contributed by atoms with Crippen molar-refractivity contribution in [1.82, 2.24) is 10.2 Å². The topological polar surface area (TPSA) is 58.6 Å². The summed E-state index contributed by atoms with van der Waals surface area (Å²) in [5.74, 6) is 0.538. The van der Waals surface area contributed by atoms with Gasteiger partial charge in [-0.05, 0) is 48.2 Å². The Morgan fingerprint density at radius 3 is 2.24 bits per heavy atom. The highest BCUT2D eigenvalue weighted by molar-refractivity contribution is 5.95. The summed E-state index contributed by atoms with van der Waals surface area (Å²) in [5, 5.41) is 3.09. The van der Waals surface area contributed by atoms with Crippen LogP contribution in [0.2, 0.25) is 0 Å². The van der Waals surface area contributed by atoms with E-state index in [0.29, 0.717) is 30.9 Å². The molecule has 3 aromatic rings. The fraction of sp³-hybridized carbons (Fsp3) is 0.286. The van der Waals surface area contributed by atoms with E-state index in [1.54, 1.807) is 31.4 Å². The van der Waals surface area contributed by atoms with Gasteiger partial charge in [-0.2, -0.15) is 0 Å². The number of nitrogens with zero attached hydrogens (tertiary/aromatic N) is 1. The van der Waals surface area contributed by atoms with Crippen LogP contribution in [0.3, 0.4) is 0 Å². The average Bonchev–Trinajstić information content (AvgIpc) is 2.89. The Morgan fingerprint density at radius 2 is 1.58 bits per heavy atom. The third kappa shape index (κ3) is 5.80. The first kappa shape index (κ1) is 22.6. The molecule has 0 aliphatic carbocycles. The summed E-state index contributed by atoms with van der Waals surface area (Å²) in [6.07, 6.45) is 1.52. The van der Waals surface area contributed by atoms with Crippen LogP contribution < -0.4 is 10.1 Å². The summed E-state index contributed by atoms with van der Waals surface area (Å²) in [6, 6.07) is 27.4. The molecule has 2 amide bonds. The van der Waals surface area contributed by atoms with Gasteiger partial charge in [0.15, 0.2) is 0 Å². The number of carbonyl (C=O) groups excluding carboxylic acids is 2. The zero-order valence-corrected chi connectivity index (χ0v) is 18.9. The van der Waals surface area contributed by atoms with Crippen molar-refractivity contribution in [3.05, 3.63) is 102 Å². The number of benzene rings is 3. The molecule has 4 rings (SSSR count). The second-order valence-electron chi connectivity index (χ2n) is 8.51. The number of carbonyl (C=O) groups is 2. The van der Waals surface area contributed by atoms with E-state index in [1.165, 1.54) is 5.56 Å². The van der Waals surface area contributed by atoms with E-state index in [4.69, 9.17) is 4.74 Å². The molecule has 1 heterocycles. The van der Waals surface area contributed by atoms with Crippen molar-refractivity contribution in [2.75, 3.05) is 26.7 Å². The average molecular weight is 443 g/mol. The molecule has 1 N–H and O–H groups in total. The van der Waals surface area contributed by atoms with Gasteiger partial charge >= 0.3 is 0 Å². The van der Waals surface area contributed by atoms with Crippen molar-refractivity contribution in [1.29, 1.82) is 0 Å². The van der Waals surface area contributed by atoms with Gasteiger partial charge in [0.25, 0.3) is 5.91 Å². The maximum atomic E-state index is 13.3. The van der Waals surface area contributed by atoms with Gasteiger partial charge in [0.1, 0.15) is 5.75 Å². The number of rotatable bonds is 7. The van der Waals surface area contributed by atoms with Gasteiger partial charge in [-0.25, -0.2) is 0 Å². The molecule has 0 saturated carbocycles. The lowest BCUT2D eigenvalue weighted by molar-refractivity contribution is -0.126. The predicted octanol–water partition coefficient (Wildman–Crippen LogP) is 4.30. The largest absolute Gasteiger partial charge is 0.497 e. The van der Waals surface area contributed by atoms with Crippen LogP contribution in [0.15, 0.2) is 84.9 Å². The van der Waals surface area contributed by atoms with Crippen LogP contribution in [0.25, 0.3) is 0 Å². The Labute approximate surface area is 195 Å². The van der Waals surface area contributed by atoms with Crippen LogP contribution in [-0.2, 0) is 11.2 Å².